The number of ether oxygens (including phenoxy) is 1. The Bertz CT molecular complexity index is 973. The first-order chi connectivity index (χ1) is 13.5. The van der Waals surface area contributed by atoms with E-state index < -0.39 is 18.0 Å². The molecule has 0 fully saturated rings. The van der Waals surface area contributed by atoms with Gasteiger partial charge in [0.2, 0.25) is 0 Å². The molecular formula is C21H18Cl2N2O3. The third-order valence-corrected chi connectivity index (χ3v) is 5.08. The molecule has 0 unspecified atom stereocenters. The molecule has 7 heteroatoms. The molecule has 0 saturated carbocycles. The van der Waals surface area contributed by atoms with E-state index in [4.69, 9.17) is 27.9 Å². The van der Waals surface area contributed by atoms with Gasteiger partial charge in [-0.05, 0) is 35.9 Å². The maximum atomic E-state index is 11.9. The predicted octanol–water partition coefficient (Wildman–Crippen LogP) is 5.16. The van der Waals surface area contributed by atoms with Gasteiger partial charge in [0.1, 0.15) is 6.29 Å². The minimum absolute atomic E-state index is 0.135. The van der Waals surface area contributed by atoms with Crippen LogP contribution >= 0.6 is 23.2 Å². The number of rotatable bonds is 7. The molecule has 0 aliphatic rings. The number of carbonyl (C=O) groups excluding carboxylic acids is 2. The van der Waals surface area contributed by atoms with Crippen LogP contribution in [0.1, 0.15) is 36.6 Å². The van der Waals surface area contributed by atoms with Crippen molar-refractivity contribution < 1.29 is 14.3 Å². The van der Waals surface area contributed by atoms with Gasteiger partial charge in [-0.25, -0.2) is 4.68 Å². The number of carbonyl (C=O) groups is 2. The Kier molecular flexibility index (Phi) is 6.49. The third-order valence-electron chi connectivity index (χ3n) is 4.34. The van der Waals surface area contributed by atoms with E-state index in [1.807, 2.05) is 30.3 Å². The number of benzene rings is 2. The molecule has 2 atom stereocenters. The van der Waals surface area contributed by atoms with E-state index in [0.717, 1.165) is 17.5 Å². The van der Waals surface area contributed by atoms with E-state index in [-0.39, 0.29) is 6.42 Å². The van der Waals surface area contributed by atoms with E-state index in [0.29, 0.717) is 15.7 Å². The van der Waals surface area contributed by atoms with Crippen molar-refractivity contribution in [3.63, 3.8) is 0 Å². The zero-order valence-electron chi connectivity index (χ0n) is 15.1. The quantitative estimate of drug-likeness (QED) is 0.394. The predicted molar refractivity (Wildman–Crippen MR) is 108 cm³/mol. The lowest BCUT2D eigenvalue weighted by atomic mass is 9.88. The smallest absolute Gasteiger partial charge is 0.303 e. The summed E-state index contributed by atoms with van der Waals surface area (Å²) in [6.07, 6.45) is 1.83. The number of aromatic nitrogens is 2. The number of hydrogen-bond donors (Lipinski definition) is 0. The van der Waals surface area contributed by atoms with E-state index >= 15 is 0 Å². The zero-order chi connectivity index (χ0) is 20.1. The summed E-state index contributed by atoms with van der Waals surface area (Å²) in [6, 6.07) is 16.4. The summed E-state index contributed by atoms with van der Waals surface area (Å²) in [5.74, 6) is -0.905. The Morgan fingerprint density at radius 1 is 1.14 bits per heavy atom. The molecule has 0 saturated heterocycles. The molecule has 0 aliphatic heterocycles. The largest absolute Gasteiger partial charge is 0.455 e. The summed E-state index contributed by atoms with van der Waals surface area (Å²) < 4.78 is 7.36. The van der Waals surface area contributed by atoms with Gasteiger partial charge in [0.05, 0.1) is 21.4 Å². The van der Waals surface area contributed by atoms with Crippen LogP contribution in [0.5, 0.6) is 0 Å². The second-order valence-electron chi connectivity index (χ2n) is 6.22. The van der Waals surface area contributed by atoms with Crippen molar-refractivity contribution in [2.45, 2.75) is 25.4 Å². The van der Waals surface area contributed by atoms with Crippen molar-refractivity contribution in [2.24, 2.45) is 0 Å². The van der Waals surface area contributed by atoms with Gasteiger partial charge in [-0.15, -0.1) is 0 Å². The highest BCUT2D eigenvalue weighted by atomic mass is 35.5. The lowest BCUT2D eigenvalue weighted by Crippen LogP contribution is -2.21. The molecule has 3 aromatic rings. The summed E-state index contributed by atoms with van der Waals surface area (Å²) >= 11 is 12.2. The average Bonchev–Trinajstić information content (AvgIpc) is 3.17. The van der Waals surface area contributed by atoms with E-state index in [9.17, 15) is 9.59 Å². The number of aldehydes is 1. The monoisotopic (exact) mass is 416 g/mol. The van der Waals surface area contributed by atoms with Crippen LogP contribution in [0, 0.1) is 0 Å². The highest BCUT2D eigenvalue weighted by Crippen LogP contribution is 2.39. The van der Waals surface area contributed by atoms with Gasteiger partial charge < -0.3 is 9.53 Å². The first-order valence-corrected chi connectivity index (χ1v) is 9.42. The van der Waals surface area contributed by atoms with E-state index in [1.54, 1.807) is 35.1 Å². The number of halogens is 2. The number of nitrogens with zero attached hydrogens (tertiary/aromatic N) is 2. The summed E-state index contributed by atoms with van der Waals surface area (Å²) in [4.78, 5) is 23.3. The fourth-order valence-corrected chi connectivity index (χ4v) is 3.43. The van der Waals surface area contributed by atoms with Crippen LogP contribution < -0.4 is 0 Å². The molecule has 0 amide bonds. The fraction of sp³-hybridized carbons (Fsp3) is 0.190. The normalized spacial score (nSPS) is 13.0. The van der Waals surface area contributed by atoms with Crippen molar-refractivity contribution in [3.05, 3.63) is 82.1 Å². The first-order valence-electron chi connectivity index (χ1n) is 8.66. The van der Waals surface area contributed by atoms with Crippen LogP contribution in [-0.4, -0.2) is 22.0 Å². The topological polar surface area (TPSA) is 61.2 Å². The van der Waals surface area contributed by atoms with Crippen LogP contribution in [0.2, 0.25) is 10.0 Å². The van der Waals surface area contributed by atoms with Crippen molar-refractivity contribution in [3.8, 4) is 5.69 Å². The minimum atomic E-state index is -0.734. The van der Waals surface area contributed by atoms with Crippen LogP contribution in [0.15, 0.2) is 60.8 Å². The van der Waals surface area contributed by atoms with Crippen molar-refractivity contribution in [1.29, 1.82) is 0 Å². The molecule has 0 bridgehead atoms. The second kappa shape index (κ2) is 9.04. The van der Waals surface area contributed by atoms with Gasteiger partial charge >= 0.3 is 5.97 Å². The Hall–Kier alpha value is -2.63. The molecule has 5 nitrogen and oxygen atoms in total. The third kappa shape index (κ3) is 4.43. The molecule has 0 spiro atoms. The SMILES string of the molecule is CC(=O)O[C@H](c1ccnn1-c1ccccc1)[C@@H](CC=O)c1ccc(Cl)c(Cl)c1. The molecule has 0 aliphatic carbocycles. The Balaban J connectivity index is 2.10. The van der Waals surface area contributed by atoms with Crippen LogP contribution in [0.4, 0.5) is 0 Å². The molecular weight excluding hydrogens is 399 g/mol. The first kappa shape index (κ1) is 20.1. The Morgan fingerprint density at radius 3 is 2.54 bits per heavy atom. The van der Waals surface area contributed by atoms with Crippen LogP contribution in [-0.2, 0) is 14.3 Å². The number of para-hydroxylation sites is 1. The summed E-state index contributed by atoms with van der Waals surface area (Å²) in [5, 5.41) is 5.15. The highest BCUT2D eigenvalue weighted by molar-refractivity contribution is 6.42. The fourth-order valence-electron chi connectivity index (χ4n) is 3.12. The molecule has 0 radical (unpaired) electrons. The highest BCUT2D eigenvalue weighted by Gasteiger charge is 2.31. The van der Waals surface area contributed by atoms with Gasteiger partial charge in [-0.2, -0.15) is 5.10 Å². The second-order valence-corrected chi connectivity index (χ2v) is 7.03. The van der Waals surface area contributed by atoms with Crippen molar-refractivity contribution >= 4 is 35.5 Å². The maximum Gasteiger partial charge on any atom is 0.303 e. The van der Waals surface area contributed by atoms with Crippen LogP contribution in [0.3, 0.4) is 0 Å². The summed E-state index contributed by atoms with van der Waals surface area (Å²) in [6.45, 7) is 1.34. The molecule has 3 rings (SSSR count). The zero-order valence-corrected chi connectivity index (χ0v) is 16.6. The van der Waals surface area contributed by atoms with Gasteiger partial charge in [0, 0.05) is 25.5 Å². The molecule has 1 heterocycles. The number of esters is 1. The minimum Gasteiger partial charge on any atom is -0.455 e. The standard InChI is InChI=1S/C21H18Cl2N2O3/c1-14(27)28-21(17(10-12-26)15-7-8-18(22)19(23)13-15)20-9-11-24-25(20)16-5-3-2-4-6-16/h2-9,11-13,17,21H,10H2,1H3/t17-,21-/m0/s1. The molecule has 28 heavy (non-hydrogen) atoms. The van der Waals surface area contributed by atoms with Gasteiger partial charge in [-0.3, -0.25) is 4.79 Å². The van der Waals surface area contributed by atoms with Crippen molar-refractivity contribution in [2.75, 3.05) is 0 Å². The molecule has 0 N–H and O–H groups in total. The molecule has 2 aromatic carbocycles. The Morgan fingerprint density at radius 2 is 1.89 bits per heavy atom. The van der Waals surface area contributed by atoms with Crippen LogP contribution in [0.25, 0.3) is 5.69 Å². The lowest BCUT2D eigenvalue weighted by molar-refractivity contribution is -0.148. The molecule has 1 aromatic heterocycles. The maximum absolute atomic E-state index is 11.9. The number of hydrogen-bond acceptors (Lipinski definition) is 4. The van der Waals surface area contributed by atoms with E-state index in [1.165, 1.54) is 6.92 Å². The van der Waals surface area contributed by atoms with E-state index in [2.05, 4.69) is 5.10 Å². The average molecular weight is 417 g/mol. The Labute approximate surface area is 172 Å². The lowest BCUT2D eigenvalue weighted by Gasteiger charge is -2.27. The van der Waals surface area contributed by atoms with Gasteiger partial charge in [-0.1, -0.05) is 47.5 Å². The van der Waals surface area contributed by atoms with Gasteiger partial charge in [0.25, 0.3) is 0 Å². The summed E-state index contributed by atoms with van der Waals surface area (Å²) in [5.41, 5.74) is 2.21. The van der Waals surface area contributed by atoms with Crippen molar-refractivity contribution in [1.82, 2.24) is 9.78 Å². The molecule has 144 valence electrons. The van der Waals surface area contributed by atoms with Gasteiger partial charge in [0.15, 0.2) is 6.10 Å². The summed E-state index contributed by atoms with van der Waals surface area (Å²) in [7, 11) is 0.